The summed E-state index contributed by atoms with van der Waals surface area (Å²) in [4.78, 5) is 77.0. The third-order valence-corrected chi connectivity index (χ3v) is 5.53. The van der Waals surface area contributed by atoms with Gasteiger partial charge in [0.05, 0.1) is 28.5 Å². The molecule has 2 aromatic carbocycles. The van der Waals surface area contributed by atoms with E-state index in [1.807, 2.05) is 0 Å². The van der Waals surface area contributed by atoms with Gasteiger partial charge in [0.2, 0.25) is 5.82 Å². The van der Waals surface area contributed by atoms with Crippen LogP contribution in [0.2, 0.25) is 0 Å². The number of amides is 4. The first-order chi connectivity index (χ1) is 15.8. The highest BCUT2D eigenvalue weighted by Crippen LogP contribution is 2.23. The van der Waals surface area contributed by atoms with Gasteiger partial charge in [0.25, 0.3) is 29.2 Å². The van der Waals surface area contributed by atoms with Gasteiger partial charge in [-0.3, -0.25) is 38.3 Å². The molecule has 0 fully saturated rings. The largest absolute Gasteiger partial charge is 0.334 e. The molecule has 0 saturated carbocycles. The van der Waals surface area contributed by atoms with Crippen LogP contribution in [0.3, 0.4) is 0 Å². The number of fused-ring (bicyclic) bond motifs is 2. The topological polar surface area (TPSA) is 119 Å². The van der Waals surface area contributed by atoms with Gasteiger partial charge in [-0.05, 0) is 24.3 Å². The molecule has 2 aliphatic rings. The van der Waals surface area contributed by atoms with Crippen molar-refractivity contribution in [1.82, 2.24) is 18.9 Å². The summed E-state index contributed by atoms with van der Waals surface area (Å²) in [6.07, 6.45) is 0.576. The molecular weight excluding hydrogens is 435 g/mol. The van der Waals surface area contributed by atoms with E-state index in [2.05, 4.69) is 0 Å². The van der Waals surface area contributed by atoms with Crippen molar-refractivity contribution in [3.05, 3.63) is 104 Å². The molecule has 3 heterocycles. The lowest BCUT2D eigenvalue weighted by molar-refractivity contribution is 0.0597. The number of hydrogen-bond donors (Lipinski definition) is 0. The summed E-state index contributed by atoms with van der Waals surface area (Å²) in [5.41, 5.74) is -1.99. The Balaban J connectivity index is 1.50. The number of aromatic nitrogens is 2. The van der Waals surface area contributed by atoms with E-state index < -0.39 is 54.0 Å². The highest BCUT2D eigenvalue weighted by atomic mass is 19.1. The number of nitrogens with zero attached hydrogens (tertiary/aromatic N) is 4. The molecule has 0 unspecified atom stereocenters. The molecule has 0 spiro atoms. The first kappa shape index (κ1) is 20.2. The second-order valence-electron chi connectivity index (χ2n) is 7.41. The second kappa shape index (κ2) is 7.19. The van der Waals surface area contributed by atoms with Gasteiger partial charge in [-0.25, -0.2) is 9.36 Å². The van der Waals surface area contributed by atoms with E-state index in [1.54, 1.807) is 24.3 Å². The van der Waals surface area contributed by atoms with Gasteiger partial charge >= 0.3 is 5.69 Å². The molecule has 33 heavy (non-hydrogen) atoms. The fourth-order valence-electron chi connectivity index (χ4n) is 3.87. The summed E-state index contributed by atoms with van der Waals surface area (Å²) in [5, 5.41) is 0. The quantitative estimate of drug-likeness (QED) is 0.541. The molecule has 2 aliphatic heterocycles. The zero-order chi connectivity index (χ0) is 23.4. The maximum Gasteiger partial charge on any atom is 0.334 e. The van der Waals surface area contributed by atoms with E-state index in [4.69, 9.17) is 0 Å². The van der Waals surface area contributed by atoms with Crippen molar-refractivity contribution in [2.24, 2.45) is 0 Å². The molecule has 0 saturated heterocycles. The van der Waals surface area contributed by atoms with Crippen molar-refractivity contribution in [2.75, 3.05) is 0 Å². The molecule has 164 valence electrons. The van der Waals surface area contributed by atoms with Crippen LogP contribution in [0.15, 0.2) is 64.3 Å². The van der Waals surface area contributed by atoms with E-state index in [0.29, 0.717) is 20.2 Å². The SMILES string of the molecule is O=C1c2ccccc2C(=O)N1Cn1cc(F)c(=O)n(CN2C(=O)c3ccccc3C2=O)c1=O. The van der Waals surface area contributed by atoms with Crippen LogP contribution in [0, 0.1) is 5.82 Å². The van der Waals surface area contributed by atoms with Crippen molar-refractivity contribution < 1.29 is 23.6 Å². The van der Waals surface area contributed by atoms with Crippen LogP contribution >= 0.6 is 0 Å². The summed E-state index contributed by atoms with van der Waals surface area (Å²) < 4.78 is 15.4. The third kappa shape index (κ3) is 2.93. The highest BCUT2D eigenvalue weighted by Gasteiger charge is 2.37. The average Bonchev–Trinajstić information content (AvgIpc) is 3.20. The van der Waals surface area contributed by atoms with E-state index in [-0.39, 0.29) is 22.3 Å². The number of carbonyl (C=O) groups is 4. The van der Waals surface area contributed by atoms with Gasteiger partial charge in [0.15, 0.2) is 0 Å². The number of carbonyl (C=O) groups excluding carboxylic acids is 4. The number of halogens is 1. The molecule has 0 radical (unpaired) electrons. The lowest BCUT2D eigenvalue weighted by Crippen LogP contribution is -2.48. The highest BCUT2D eigenvalue weighted by molar-refractivity contribution is 6.21. The fourth-order valence-corrected chi connectivity index (χ4v) is 3.87. The predicted molar refractivity (Wildman–Crippen MR) is 109 cm³/mol. The molecule has 3 aromatic rings. The number of rotatable bonds is 4. The number of imide groups is 2. The summed E-state index contributed by atoms with van der Waals surface area (Å²) in [5.74, 6) is -4.19. The van der Waals surface area contributed by atoms with Crippen molar-refractivity contribution in [3.8, 4) is 0 Å². The first-order valence-electron chi connectivity index (χ1n) is 9.70. The Bertz CT molecular complexity index is 1450. The Morgan fingerprint density at radius 2 is 1.00 bits per heavy atom. The molecule has 0 atom stereocenters. The van der Waals surface area contributed by atoms with Crippen LogP contribution < -0.4 is 11.2 Å². The number of benzene rings is 2. The predicted octanol–water partition coefficient (Wildman–Crippen LogP) is 0.657. The maximum absolute atomic E-state index is 14.4. The second-order valence-corrected chi connectivity index (χ2v) is 7.41. The lowest BCUT2D eigenvalue weighted by Gasteiger charge is -2.19. The lowest BCUT2D eigenvalue weighted by atomic mass is 10.1. The smallest absolute Gasteiger partial charge is 0.279 e. The Labute approximate surface area is 183 Å². The molecule has 0 bridgehead atoms. The minimum absolute atomic E-state index is 0.0957. The molecule has 0 N–H and O–H groups in total. The summed E-state index contributed by atoms with van der Waals surface area (Å²) in [6, 6.07) is 12.0. The van der Waals surface area contributed by atoms with Crippen molar-refractivity contribution in [1.29, 1.82) is 0 Å². The van der Waals surface area contributed by atoms with Crippen LogP contribution in [0.4, 0.5) is 4.39 Å². The monoisotopic (exact) mass is 448 g/mol. The van der Waals surface area contributed by atoms with E-state index in [9.17, 15) is 33.2 Å². The summed E-state index contributed by atoms with van der Waals surface area (Å²) in [7, 11) is 0. The Hall–Kier alpha value is -4.67. The molecular formula is C22H13FN4O6. The summed E-state index contributed by atoms with van der Waals surface area (Å²) in [6.45, 7) is -1.49. The van der Waals surface area contributed by atoms with Crippen molar-refractivity contribution in [3.63, 3.8) is 0 Å². The maximum atomic E-state index is 14.4. The molecule has 10 nitrogen and oxygen atoms in total. The first-order valence-corrected chi connectivity index (χ1v) is 9.70. The third-order valence-electron chi connectivity index (χ3n) is 5.53. The van der Waals surface area contributed by atoms with Crippen LogP contribution in [0.5, 0.6) is 0 Å². The minimum atomic E-state index is -1.36. The molecule has 1 aromatic heterocycles. The zero-order valence-electron chi connectivity index (χ0n) is 16.7. The standard InChI is InChI=1S/C22H13FN4O6/c23-16-9-24(10-25-17(28)12-5-1-2-6-13(12)18(25)29)22(33)27(21(16)32)11-26-19(30)14-7-3-4-8-15(14)20(26)31/h1-9H,10-11H2. The van der Waals surface area contributed by atoms with E-state index in [0.717, 1.165) is 4.90 Å². The molecule has 0 aliphatic carbocycles. The minimum Gasteiger partial charge on any atom is -0.279 e. The van der Waals surface area contributed by atoms with E-state index in [1.165, 1.54) is 24.3 Å². The normalized spacial score (nSPS) is 14.8. The zero-order valence-corrected chi connectivity index (χ0v) is 16.7. The van der Waals surface area contributed by atoms with Crippen molar-refractivity contribution >= 4 is 23.6 Å². The van der Waals surface area contributed by atoms with Crippen molar-refractivity contribution in [2.45, 2.75) is 13.3 Å². The van der Waals surface area contributed by atoms with Crippen LogP contribution in [-0.4, -0.2) is 42.6 Å². The molecule has 5 rings (SSSR count). The Kier molecular flexibility index (Phi) is 4.41. The van der Waals surface area contributed by atoms with Gasteiger partial charge in [-0.15, -0.1) is 0 Å². The van der Waals surface area contributed by atoms with Gasteiger partial charge in [-0.1, -0.05) is 24.3 Å². The van der Waals surface area contributed by atoms with Gasteiger partial charge in [-0.2, -0.15) is 4.39 Å². The fraction of sp³-hybridized carbons (Fsp3) is 0.0909. The van der Waals surface area contributed by atoms with Crippen LogP contribution in [0.25, 0.3) is 0 Å². The van der Waals surface area contributed by atoms with Crippen LogP contribution in [-0.2, 0) is 13.3 Å². The van der Waals surface area contributed by atoms with Crippen LogP contribution in [0.1, 0.15) is 41.4 Å². The Morgan fingerprint density at radius 3 is 1.42 bits per heavy atom. The van der Waals surface area contributed by atoms with Gasteiger partial charge < -0.3 is 0 Å². The van der Waals surface area contributed by atoms with E-state index >= 15 is 0 Å². The van der Waals surface area contributed by atoms with Gasteiger partial charge in [0, 0.05) is 0 Å². The molecule has 4 amide bonds. The number of hydrogen-bond acceptors (Lipinski definition) is 6. The average molecular weight is 448 g/mol. The Morgan fingerprint density at radius 1 is 0.606 bits per heavy atom. The summed E-state index contributed by atoms with van der Waals surface area (Å²) >= 11 is 0. The molecule has 11 heteroatoms. The van der Waals surface area contributed by atoms with Gasteiger partial charge in [0.1, 0.15) is 13.3 Å².